The third-order valence-electron chi connectivity index (χ3n) is 3.43. The molecule has 1 saturated heterocycles. The Morgan fingerprint density at radius 2 is 2.00 bits per heavy atom. The molecule has 1 aromatic rings. The number of nitrogens with zero attached hydrogens (tertiary/aromatic N) is 1. The number of benzene rings is 1. The van der Waals surface area contributed by atoms with Crippen LogP contribution in [0.25, 0.3) is 0 Å². The Morgan fingerprint density at radius 3 is 2.71 bits per heavy atom. The number of nitrogens with one attached hydrogen (secondary N) is 1. The van der Waals surface area contributed by atoms with Gasteiger partial charge < -0.3 is 15.0 Å². The summed E-state index contributed by atoms with van der Waals surface area (Å²) in [5, 5.41) is 2.78. The molecule has 1 aliphatic rings. The molecule has 1 fully saturated rings. The van der Waals surface area contributed by atoms with E-state index >= 15 is 0 Å². The second-order valence-electron chi connectivity index (χ2n) is 4.85. The van der Waals surface area contributed by atoms with E-state index in [9.17, 15) is 9.59 Å². The Bertz CT molecular complexity index is 534. The van der Waals surface area contributed by atoms with Crippen LogP contribution in [0.1, 0.15) is 23.2 Å². The fourth-order valence-corrected chi connectivity index (χ4v) is 2.37. The van der Waals surface area contributed by atoms with Crippen molar-refractivity contribution in [1.29, 1.82) is 0 Å². The zero-order valence-electron chi connectivity index (χ0n) is 12.2. The molecule has 0 saturated carbocycles. The lowest BCUT2D eigenvalue weighted by atomic mass is 10.1. The van der Waals surface area contributed by atoms with Crippen molar-refractivity contribution < 1.29 is 14.3 Å². The monoisotopic (exact) mass is 288 g/mol. The van der Waals surface area contributed by atoms with Crippen LogP contribution >= 0.6 is 0 Å². The Balaban J connectivity index is 1.99. The van der Waals surface area contributed by atoms with Gasteiger partial charge in [-0.3, -0.25) is 4.79 Å². The van der Waals surface area contributed by atoms with E-state index in [0.29, 0.717) is 12.1 Å². The van der Waals surface area contributed by atoms with Gasteiger partial charge in [0, 0.05) is 31.4 Å². The van der Waals surface area contributed by atoms with Crippen molar-refractivity contribution in [1.82, 2.24) is 5.32 Å². The van der Waals surface area contributed by atoms with Crippen LogP contribution < -0.4 is 10.2 Å². The van der Waals surface area contributed by atoms with E-state index < -0.39 is 5.97 Å². The summed E-state index contributed by atoms with van der Waals surface area (Å²) in [6, 6.07) is 7.61. The van der Waals surface area contributed by atoms with Gasteiger partial charge in [0.1, 0.15) is 0 Å². The lowest BCUT2D eigenvalue weighted by Gasteiger charge is -2.20. The number of para-hydroxylation sites is 1. The minimum atomic E-state index is -0.429. The average Bonchev–Trinajstić information content (AvgIpc) is 3.05. The first-order valence-electron chi connectivity index (χ1n) is 7.09. The van der Waals surface area contributed by atoms with Crippen LogP contribution in [-0.4, -0.2) is 38.6 Å². The Hall–Kier alpha value is -2.30. The number of esters is 1. The molecule has 112 valence electrons. The lowest BCUT2D eigenvalue weighted by Crippen LogP contribution is -2.27. The molecular weight excluding hydrogens is 268 g/mol. The van der Waals surface area contributed by atoms with Crippen LogP contribution in [0.4, 0.5) is 5.69 Å². The fourth-order valence-electron chi connectivity index (χ4n) is 2.37. The number of amides is 1. The van der Waals surface area contributed by atoms with Gasteiger partial charge in [-0.05, 0) is 25.0 Å². The van der Waals surface area contributed by atoms with Crippen molar-refractivity contribution in [3.05, 3.63) is 42.0 Å². The van der Waals surface area contributed by atoms with E-state index in [4.69, 9.17) is 0 Å². The van der Waals surface area contributed by atoms with Crippen molar-refractivity contribution in [3.8, 4) is 0 Å². The number of carbonyl (C=O) groups is 2. The third-order valence-corrected chi connectivity index (χ3v) is 3.43. The highest BCUT2D eigenvalue weighted by molar-refractivity contribution is 6.00. The molecule has 2 rings (SSSR count). The molecule has 1 amide bonds. The van der Waals surface area contributed by atoms with Gasteiger partial charge in [-0.15, -0.1) is 0 Å². The summed E-state index contributed by atoms with van der Waals surface area (Å²) in [6.07, 6.45) is 5.20. The number of hydrogen-bond acceptors (Lipinski definition) is 4. The average molecular weight is 288 g/mol. The first kappa shape index (κ1) is 15.1. The van der Waals surface area contributed by atoms with Gasteiger partial charge in [0.15, 0.2) is 0 Å². The van der Waals surface area contributed by atoms with Crippen molar-refractivity contribution in [3.63, 3.8) is 0 Å². The Labute approximate surface area is 124 Å². The normalized spacial score (nSPS) is 14.4. The molecule has 0 spiro atoms. The molecule has 21 heavy (non-hydrogen) atoms. The van der Waals surface area contributed by atoms with E-state index in [2.05, 4.69) is 15.0 Å². The first-order chi connectivity index (χ1) is 10.2. The lowest BCUT2D eigenvalue weighted by molar-refractivity contribution is -0.134. The zero-order chi connectivity index (χ0) is 15.1. The highest BCUT2D eigenvalue weighted by atomic mass is 16.5. The van der Waals surface area contributed by atoms with Crippen molar-refractivity contribution in [2.75, 3.05) is 31.6 Å². The molecule has 5 heteroatoms. The highest BCUT2D eigenvalue weighted by Crippen LogP contribution is 2.24. The molecule has 0 unspecified atom stereocenters. The molecule has 1 aliphatic heterocycles. The molecule has 0 aromatic heterocycles. The number of anilines is 1. The molecular formula is C16H20N2O3. The van der Waals surface area contributed by atoms with Gasteiger partial charge in [0.05, 0.1) is 12.7 Å². The van der Waals surface area contributed by atoms with E-state index in [1.807, 2.05) is 24.3 Å². The van der Waals surface area contributed by atoms with Crippen LogP contribution in [0.5, 0.6) is 0 Å². The summed E-state index contributed by atoms with van der Waals surface area (Å²) in [5.74, 6) is -0.561. The molecule has 1 N–H and O–H groups in total. The third kappa shape index (κ3) is 4.08. The van der Waals surface area contributed by atoms with Crippen LogP contribution in [-0.2, 0) is 9.53 Å². The zero-order valence-corrected chi connectivity index (χ0v) is 12.2. The molecule has 0 aliphatic carbocycles. The number of carbonyl (C=O) groups excluding carboxylic acids is 2. The number of hydrogen-bond donors (Lipinski definition) is 1. The van der Waals surface area contributed by atoms with Gasteiger partial charge in [-0.25, -0.2) is 4.79 Å². The molecule has 0 atom stereocenters. The highest BCUT2D eigenvalue weighted by Gasteiger charge is 2.18. The standard InChI is InChI=1S/C16H20N2O3/c1-21-15(19)9-6-10-17-16(20)13-7-2-3-8-14(13)18-11-4-5-12-18/h2-3,6-9H,4-5,10-12H2,1H3,(H,17,20)/b9-6+. The molecule has 0 radical (unpaired) electrons. The van der Waals surface area contributed by atoms with Gasteiger partial charge in [0.25, 0.3) is 5.91 Å². The summed E-state index contributed by atoms with van der Waals surface area (Å²) in [7, 11) is 1.32. The number of methoxy groups -OCH3 is 1. The summed E-state index contributed by atoms with van der Waals surface area (Å²) >= 11 is 0. The largest absolute Gasteiger partial charge is 0.466 e. The quantitative estimate of drug-likeness (QED) is 0.662. The van der Waals surface area contributed by atoms with Crippen molar-refractivity contribution >= 4 is 17.6 Å². The van der Waals surface area contributed by atoms with Crippen molar-refractivity contribution in [2.45, 2.75) is 12.8 Å². The maximum atomic E-state index is 12.2. The molecule has 1 heterocycles. The molecule has 0 bridgehead atoms. The second kappa shape index (κ2) is 7.47. The summed E-state index contributed by atoms with van der Waals surface area (Å²) in [6.45, 7) is 2.28. The second-order valence-corrected chi connectivity index (χ2v) is 4.85. The smallest absolute Gasteiger partial charge is 0.330 e. The summed E-state index contributed by atoms with van der Waals surface area (Å²) in [4.78, 5) is 25.4. The Kier molecular flexibility index (Phi) is 5.37. The molecule has 1 aromatic carbocycles. The minimum Gasteiger partial charge on any atom is -0.466 e. The SMILES string of the molecule is COC(=O)/C=C/CNC(=O)c1ccccc1N1CCCC1. The Morgan fingerprint density at radius 1 is 1.29 bits per heavy atom. The van der Waals surface area contributed by atoms with Gasteiger partial charge in [0.2, 0.25) is 0 Å². The van der Waals surface area contributed by atoms with E-state index in [1.165, 1.54) is 13.2 Å². The topological polar surface area (TPSA) is 58.6 Å². The van der Waals surface area contributed by atoms with Gasteiger partial charge in [-0.2, -0.15) is 0 Å². The number of ether oxygens (including phenoxy) is 1. The predicted octanol–water partition coefficient (Wildman–Crippen LogP) is 1.75. The van der Waals surface area contributed by atoms with E-state index in [0.717, 1.165) is 31.6 Å². The van der Waals surface area contributed by atoms with E-state index in [1.54, 1.807) is 6.08 Å². The fraction of sp³-hybridized carbons (Fsp3) is 0.375. The molecule has 5 nitrogen and oxygen atoms in total. The van der Waals surface area contributed by atoms with Crippen LogP contribution in [0, 0.1) is 0 Å². The van der Waals surface area contributed by atoms with Gasteiger partial charge >= 0.3 is 5.97 Å². The predicted molar refractivity (Wildman–Crippen MR) is 81.4 cm³/mol. The first-order valence-corrected chi connectivity index (χ1v) is 7.09. The minimum absolute atomic E-state index is 0.132. The maximum absolute atomic E-state index is 12.2. The van der Waals surface area contributed by atoms with Gasteiger partial charge in [-0.1, -0.05) is 18.2 Å². The number of rotatable bonds is 5. The van der Waals surface area contributed by atoms with Crippen LogP contribution in [0.3, 0.4) is 0 Å². The van der Waals surface area contributed by atoms with E-state index in [-0.39, 0.29) is 5.91 Å². The van der Waals surface area contributed by atoms with Crippen LogP contribution in [0.15, 0.2) is 36.4 Å². The van der Waals surface area contributed by atoms with Crippen LogP contribution in [0.2, 0.25) is 0 Å². The maximum Gasteiger partial charge on any atom is 0.330 e. The summed E-state index contributed by atoms with van der Waals surface area (Å²) in [5.41, 5.74) is 1.65. The summed E-state index contributed by atoms with van der Waals surface area (Å²) < 4.78 is 4.48. The van der Waals surface area contributed by atoms with Crippen molar-refractivity contribution in [2.24, 2.45) is 0 Å².